The van der Waals surface area contributed by atoms with Gasteiger partial charge < -0.3 is 10.2 Å². The molecule has 0 unspecified atom stereocenters. The Kier molecular flexibility index (Phi) is 5.94. The number of amides is 2. The van der Waals surface area contributed by atoms with Crippen molar-refractivity contribution in [1.29, 1.82) is 0 Å². The second kappa shape index (κ2) is 7.25. The summed E-state index contributed by atoms with van der Waals surface area (Å²) in [6.07, 6.45) is 0.322. The van der Waals surface area contributed by atoms with E-state index in [0.29, 0.717) is 19.5 Å². The summed E-state index contributed by atoms with van der Waals surface area (Å²) >= 11 is 0. The summed E-state index contributed by atoms with van der Waals surface area (Å²) in [5.41, 5.74) is 2.02. The second-order valence-electron chi connectivity index (χ2n) is 6.35. The van der Waals surface area contributed by atoms with Gasteiger partial charge in [-0.05, 0) is 33.3 Å². The monoisotopic (exact) mass is 290 g/mol. The largest absolute Gasteiger partial charge is 0.352 e. The fraction of sp³-hybridized carbons (Fsp3) is 0.529. The summed E-state index contributed by atoms with van der Waals surface area (Å²) < 4.78 is 0. The molecule has 0 aliphatic heterocycles. The van der Waals surface area contributed by atoms with Gasteiger partial charge in [0.25, 0.3) is 0 Å². The van der Waals surface area contributed by atoms with E-state index >= 15 is 0 Å². The average molecular weight is 290 g/mol. The van der Waals surface area contributed by atoms with Crippen LogP contribution >= 0.6 is 0 Å². The van der Waals surface area contributed by atoms with Crippen molar-refractivity contribution in [2.75, 3.05) is 6.54 Å². The highest BCUT2D eigenvalue weighted by molar-refractivity contribution is 5.78. The van der Waals surface area contributed by atoms with Gasteiger partial charge in [0.15, 0.2) is 0 Å². The Bertz CT molecular complexity index is 487. The molecule has 0 aliphatic rings. The van der Waals surface area contributed by atoms with Gasteiger partial charge in [0, 0.05) is 32.0 Å². The Morgan fingerprint density at radius 3 is 2.19 bits per heavy atom. The minimum atomic E-state index is -0.261. The minimum absolute atomic E-state index is 0.00571. The standard InChI is InChI=1S/C17H26N2O2/c1-13-6-8-15(9-7-13)12-18-16(21)10-11-19(14(2)20)17(3,4)5/h6-9H,10-12H2,1-5H3,(H,18,21). The first-order valence-corrected chi connectivity index (χ1v) is 7.30. The molecule has 0 aliphatic carbocycles. The lowest BCUT2D eigenvalue weighted by atomic mass is 10.1. The second-order valence-corrected chi connectivity index (χ2v) is 6.35. The van der Waals surface area contributed by atoms with Crippen LogP contribution in [0, 0.1) is 6.92 Å². The molecule has 1 aromatic rings. The molecule has 0 aromatic heterocycles. The maximum atomic E-state index is 11.9. The minimum Gasteiger partial charge on any atom is -0.352 e. The van der Waals surface area contributed by atoms with E-state index in [-0.39, 0.29) is 17.4 Å². The van der Waals surface area contributed by atoms with Crippen LogP contribution < -0.4 is 5.32 Å². The molecule has 0 fully saturated rings. The van der Waals surface area contributed by atoms with Gasteiger partial charge >= 0.3 is 0 Å². The van der Waals surface area contributed by atoms with E-state index in [0.717, 1.165) is 5.56 Å². The molecular weight excluding hydrogens is 264 g/mol. The fourth-order valence-corrected chi connectivity index (χ4v) is 2.17. The number of hydrogen-bond acceptors (Lipinski definition) is 2. The molecular formula is C17H26N2O2. The van der Waals surface area contributed by atoms with E-state index in [1.165, 1.54) is 12.5 Å². The van der Waals surface area contributed by atoms with Gasteiger partial charge in [0.2, 0.25) is 11.8 Å². The molecule has 4 nitrogen and oxygen atoms in total. The molecule has 0 saturated heterocycles. The van der Waals surface area contributed by atoms with Crippen LogP contribution in [-0.4, -0.2) is 28.8 Å². The first-order chi connectivity index (χ1) is 9.70. The lowest BCUT2D eigenvalue weighted by molar-refractivity contribution is -0.134. The van der Waals surface area contributed by atoms with Crippen molar-refractivity contribution in [3.05, 3.63) is 35.4 Å². The average Bonchev–Trinajstić information content (AvgIpc) is 2.36. The van der Waals surface area contributed by atoms with E-state index in [4.69, 9.17) is 0 Å². The molecule has 21 heavy (non-hydrogen) atoms. The molecule has 0 heterocycles. The molecule has 2 amide bonds. The lowest BCUT2D eigenvalue weighted by Crippen LogP contribution is -2.46. The summed E-state index contributed by atoms with van der Waals surface area (Å²) in [5, 5.41) is 2.89. The molecule has 0 radical (unpaired) electrons. The predicted molar refractivity (Wildman–Crippen MR) is 84.8 cm³/mol. The molecule has 1 rings (SSSR count). The van der Waals surface area contributed by atoms with Gasteiger partial charge in [-0.3, -0.25) is 9.59 Å². The summed E-state index contributed by atoms with van der Waals surface area (Å²) in [6.45, 7) is 10.4. The van der Waals surface area contributed by atoms with Crippen molar-refractivity contribution < 1.29 is 9.59 Å². The van der Waals surface area contributed by atoms with Crippen molar-refractivity contribution in [3.8, 4) is 0 Å². The van der Waals surface area contributed by atoms with Gasteiger partial charge in [0.1, 0.15) is 0 Å². The highest BCUT2D eigenvalue weighted by Gasteiger charge is 2.23. The zero-order valence-electron chi connectivity index (χ0n) is 13.7. The number of benzene rings is 1. The molecule has 1 aromatic carbocycles. The predicted octanol–water partition coefficient (Wildman–Crippen LogP) is 2.65. The van der Waals surface area contributed by atoms with Crippen LogP contribution in [0.2, 0.25) is 0 Å². The normalized spacial score (nSPS) is 11.1. The van der Waals surface area contributed by atoms with E-state index < -0.39 is 0 Å². The number of rotatable bonds is 5. The quantitative estimate of drug-likeness (QED) is 0.906. The highest BCUT2D eigenvalue weighted by Crippen LogP contribution is 2.13. The fourth-order valence-electron chi connectivity index (χ4n) is 2.17. The van der Waals surface area contributed by atoms with Crippen LogP contribution in [0.5, 0.6) is 0 Å². The van der Waals surface area contributed by atoms with E-state index in [2.05, 4.69) is 5.32 Å². The number of carbonyl (C=O) groups excluding carboxylic acids is 2. The molecule has 116 valence electrons. The van der Waals surface area contributed by atoms with Crippen molar-refractivity contribution in [1.82, 2.24) is 10.2 Å². The van der Waals surface area contributed by atoms with Gasteiger partial charge in [-0.25, -0.2) is 0 Å². The third-order valence-corrected chi connectivity index (χ3v) is 3.36. The number of nitrogens with one attached hydrogen (secondary N) is 1. The van der Waals surface area contributed by atoms with E-state index in [9.17, 15) is 9.59 Å². The SMILES string of the molecule is CC(=O)N(CCC(=O)NCc1ccc(C)cc1)C(C)(C)C. The van der Waals surface area contributed by atoms with Crippen LogP contribution in [0.25, 0.3) is 0 Å². The van der Waals surface area contributed by atoms with Crippen LogP contribution in [0.15, 0.2) is 24.3 Å². The van der Waals surface area contributed by atoms with Crippen LogP contribution in [-0.2, 0) is 16.1 Å². The molecule has 0 saturated carbocycles. The number of nitrogens with zero attached hydrogens (tertiary/aromatic N) is 1. The number of hydrogen-bond donors (Lipinski definition) is 1. The smallest absolute Gasteiger partial charge is 0.222 e. The maximum Gasteiger partial charge on any atom is 0.222 e. The summed E-state index contributed by atoms with van der Waals surface area (Å²) in [6, 6.07) is 8.07. The summed E-state index contributed by atoms with van der Waals surface area (Å²) in [5.74, 6) is -0.0418. The molecule has 1 N–H and O–H groups in total. The van der Waals surface area contributed by atoms with Crippen molar-refractivity contribution in [3.63, 3.8) is 0 Å². The Labute approximate surface area is 127 Å². The Hall–Kier alpha value is -1.84. The highest BCUT2D eigenvalue weighted by atomic mass is 16.2. The third kappa shape index (κ3) is 5.98. The van der Waals surface area contributed by atoms with Crippen molar-refractivity contribution >= 4 is 11.8 Å². The van der Waals surface area contributed by atoms with Crippen LogP contribution in [0.3, 0.4) is 0 Å². The van der Waals surface area contributed by atoms with Crippen molar-refractivity contribution in [2.45, 2.75) is 53.1 Å². The Balaban J connectivity index is 2.43. The molecule has 0 atom stereocenters. The first-order valence-electron chi connectivity index (χ1n) is 7.30. The van der Waals surface area contributed by atoms with E-state index in [1.807, 2.05) is 52.0 Å². The maximum absolute atomic E-state index is 11.9. The van der Waals surface area contributed by atoms with Crippen LogP contribution in [0.4, 0.5) is 0 Å². The number of aryl methyl sites for hydroxylation is 1. The Morgan fingerprint density at radius 2 is 1.71 bits per heavy atom. The summed E-state index contributed by atoms with van der Waals surface area (Å²) in [4.78, 5) is 25.2. The van der Waals surface area contributed by atoms with Gasteiger partial charge in [0.05, 0.1) is 0 Å². The third-order valence-electron chi connectivity index (χ3n) is 3.36. The topological polar surface area (TPSA) is 49.4 Å². The van der Waals surface area contributed by atoms with E-state index in [1.54, 1.807) is 4.90 Å². The van der Waals surface area contributed by atoms with Gasteiger partial charge in [-0.1, -0.05) is 29.8 Å². The van der Waals surface area contributed by atoms with Gasteiger partial charge in [-0.15, -0.1) is 0 Å². The molecule has 0 bridgehead atoms. The lowest BCUT2D eigenvalue weighted by Gasteiger charge is -2.34. The molecule has 4 heteroatoms. The zero-order valence-corrected chi connectivity index (χ0v) is 13.7. The van der Waals surface area contributed by atoms with Crippen molar-refractivity contribution in [2.24, 2.45) is 0 Å². The Morgan fingerprint density at radius 1 is 1.14 bits per heavy atom. The molecule has 0 spiro atoms. The van der Waals surface area contributed by atoms with Gasteiger partial charge in [-0.2, -0.15) is 0 Å². The van der Waals surface area contributed by atoms with Crippen LogP contribution in [0.1, 0.15) is 45.2 Å². The summed E-state index contributed by atoms with van der Waals surface area (Å²) in [7, 11) is 0. The first kappa shape index (κ1) is 17.2. The zero-order chi connectivity index (χ0) is 16.0. The number of carbonyl (C=O) groups is 2.